The molecule has 338 valence electrons. The monoisotopic (exact) mass is 848 g/mol. The fraction of sp³-hybridized carbons (Fsp3) is 0.892. The molecule has 3 rings (SSSR count). The largest absolute Gasteiger partial charge is 0.445 e. The van der Waals surface area contributed by atoms with E-state index in [1.165, 1.54) is 0 Å². The first kappa shape index (κ1) is 50.8. The van der Waals surface area contributed by atoms with Crippen LogP contribution in [-0.4, -0.2) is 196 Å². The lowest BCUT2D eigenvalue weighted by Crippen LogP contribution is -2.51. The summed E-state index contributed by atoms with van der Waals surface area (Å²) in [5.74, 6) is -2.10. The number of carbonyl (C=O) groups excluding carboxylic acids is 4. The second-order valence-electron chi connectivity index (χ2n) is 14.8. The van der Waals surface area contributed by atoms with Gasteiger partial charge in [0.1, 0.15) is 36.5 Å². The zero-order valence-electron chi connectivity index (χ0n) is 33.8. The van der Waals surface area contributed by atoms with E-state index in [1.807, 2.05) is 6.92 Å². The van der Waals surface area contributed by atoms with E-state index in [2.05, 4.69) is 21.3 Å². The predicted octanol–water partition coefficient (Wildman–Crippen LogP) is -3.85. The molecule has 1 aliphatic carbocycles. The van der Waals surface area contributed by atoms with Crippen molar-refractivity contribution in [1.29, 1.82) is 0 Å². The molecule has 21 nitrogen and oxygen atoms in total. The highest BCUT2D eigenvalue weighted by Crippen LogP contribution is 2.26. The molecule has 2 heterocycles. The molecule has 0 bridgehead atoms. The fourth-order valence-electron chi connectivity index (χ4n) is 6.89. The van der Waals surface area contributed by atoms with Gasteiger partial charge in [0, 0.05) is 44.4 Å². The minimum atomic E-state index is -1.22. The fourth-order valence-corrected chi connectivity index (χ4v) is 6.89. The summed E-state index contributed by atoms with van der Waals surface area (Å²) in [6.07, 6.45) is -5.31. The Morgan fingerprint density at radius 3 is 1.64 bits per heavy atom. The number of hydrogen-bond acceptors (Lipinski definition) is 17. The van der Waals surface area contributed by atoms with Crippen LogP contribution in [0.25, 0.3) is 0 Å². The van der Waals surface area contributed by atoms with Crippen LogP contribution in [0.15, 0.2) is 0 Å². The Balaban J connectivity index is 1.40. The standard InChI is InChI=1S/C37H65BN4O17/c1-2-3-24(36(51)39-10-12-53-14-16-55-31-18-26(45)33(48)28(20-43)57-31)41-30(47)9-8-25(42-35(50)22-4-6-23(59-38)7-5-22)37(52)40-11-13-54-15-17-56-32-19-27(46)34(49)29(21-44)58-32/h22-29,31-34,43-46,48-49H,2-21H2,1H3,(H,39,51)(H,40,52)(H,41,47)(H,42,50). The number of rotatable bonds is 27. The van der Waals surface area contributed by atoms with Crippen LogP contribution in [0, 0.1) is 5.92 Å². The number of hydrogen-bond donors (Lipinski definition) is 10. The Kier molecular flexibility index (Phi) is 24.2. The summed E-state index contributed by atoms with van der Waals surface area (Å²) in [6.45, 7) is 1.82. The van der Waals surface area contributed by atoms with Crippen molar-refractivity contribution >= 4 is 31.7 Å². The van der Waals surface area contributed by atoms with Crippen LogP contribution in [0.2, 0.25) is 0 Å². The van der Waals surface area contributed by atoms with Crippen LogP contribution < -0.4 is 21.3 Å². The summed E-state index contributed by atoms with van der Waals surface area (Å²) < 4.78 is 37.8. The molecule has 10 atom stereocenters. The summed E-state index contributed by atoms with van der Waals surface area (Å²) in [4.78, 5) is 52.5. The van der Waals surface area contributed by atoms with E-state index in [-0.39, 0.29) is 96.3 Å². The van der Waals surface area contributed by atoms with Crippen molar-refractivity contribution in [3.05, 3.63) is 0 Å². The van der Waals surface area contributed by atoms with Gasteiger partial charge in [0.2, 0.25) is 23.6 Å². The lowest BCUT2D eigenvalue weighted by Gasteiger charge is -2.36. The third-order valence-corrected chi connectivity index (χ3v) is 10.3. The molecule has 0 aromatic rings. The molecular formula is C37H65BN4O17. The van der Waals surface area contributed by atoms with E-state index in [1.54, 1.807) is 0 Å². The van der Waals surface area contributed by atoms with Crippen LogP contribution in [0.1, 0.15) is 71.1 Å². The highest BCUT2D eigenvalue weighted by atomic mass is 16.7. The molecule has 0 aromatic carbocycles. The van der Waals surface area contributed by atoms with Crippen molar-refractivity contribution in [3.8, 4) is 0 Å². The molecular weight excluding hydrogens is 783 g/mol. The lowest BCUT2D eigenvalue weighted by atomic mass is 9.86. The van der Waals surface area contributed by atoms with Gasteiger partial charge in [0.05, 0.1) is 65.1 Å². The van der Waals surface area contributed by atoms with E-state index in [4.69, 9.17) is 41.1 Å². The van der Waals surface area contributed by atoms with E-state index < -0.39 is 92.2 Å². The molecule has 10 N–H and O–H groups in total. The van der Waals surface area contributed by atoms with Crippen molar-refractivity contribution in [1.82, 2.24) is 21.3 Å². The summed E-state index contributed by atoms with van der Waals surface area (Å²) >= 11 is 0. The molecule has 10 unspecified atom stereocenters. The van der Waals surface area contributed by atoms with Gasteiger partial charge in [-0.15, -0.1) is 0 Å². The SMILES string of the molecule is [B]OC1CCC(C(=O)NC(CCC(=O)NC(CCC)C(=O)NCCOCCOC2CC(O)C(O)C(CO)O2)C(=O)NCCOCCOC2CC(O)C(O)C(CO)O2)CC1. The van der Waals surface area contributed by atoms with Crippen molar-refractivity contribution < 1.29 is 82.9 Å². The number of carbonyl (C=O) groups is 4. The molecule has 3 aliphatic rings. The van der Waals surface area contributed by atoms with Crippen LogP contribution in [0.3, 0.4) is 0 Å². The third kappa shape index (κ3) is 18.1. The number of nitrogens with one attached hydrogen (secondary N) is 4. The summed E-state index contributed by atoms with van der Waals surface area (Å²) in [6, 6.07) is -1.90. The maximum atomic E-state index is 13.3. The number of aliphatic hydroxyl groups excluding tert-OH is 6. The first-order valence-corrected chi connectivity index (χ1v) is 20.5. The van der Waals surface area contributed by atoms with Crippen molar-refractivity contribution in [2.75, 3.05) is 65.9 Å². The molecule has 2 aliphatic heterocycles. The zero-order valence-corrected chi connectivity index (χ0v) is 33.8. The molecule has 1 saturated carbocycles. The quantitative estimate of drug-likeness (QED) is 0.0280. The summed E-state index contributed by atoms with van der Waals surface area (Å²) in [5.41, 5.74) is 0. The second-order valence-corrected chi connectivity index (χ2v) is 14.8. The average molecular weight is 849 g/mol. The average Bonchev–Trinajstić information content (AvgIpc) is 3.23. The Hall–Kier alpha value is -2.58. The first-order valence-electron chi connectivity index (χ1n) is 20.5. The van der Waals surface area contributed by atoms with Crippen LogP contribution in [0.5, 0.6) is 0 Å². The van der Waals surface area contributed by atoms with Crippen molar-refractivity contribution in [2.24, 2.45) is 5.92 Å². The third-order valence-electron chi connectivity index (χ3n) is 10.3. The topological polar surface area (TPSA) is 302 Å². The van der Waals surface area contributed by atoms with Gasteiger partial charge >= 0.3 is 0 Å². The Labute approximate surface area is 345 Å². The van der Waals surface area contributed by atoms with Crippen molar-refractivity contribution in [2.45, 2.75) is 139 Å². The summed E-state index contributed by atoms with van der Waals surface area (Å²) in [5, 5.41) is 69.1. The van der Waals surface area contributed by atoms with E-state index in [0.29, 0.717) is 38.5 Å². The van der Waals surface area contributed by atoms with Crippen LogP contribution in [0.4, 0.5) is 0 Å². The van der Waals surface area contributed by atoms with Gasteiger partial charge in [0.25, 0.3) is 8.05 Å². The minimum absolute atomic E-state index is 0.0227. The smallest absolute Gasteiger partial charge is 0.283 e. The first-order chi connectivity index (χ1) is 28.4. The normalized spacial score (nSPS) is 29.5. The molecule has 4 amide bonds. The van der Waals surface area contributed by atoms with Crippen molar-refractivity contribution in [3.63, 3.8) is 0 Å². The van der Waals surface area contributed by atoms with E-state index >= 15 is 0 Å². The van der Waals surface area contributed by atoms with Gasteiger partial charge < -0.3 is 85.0 Å². The number of aliphatic hydroxyl groups is 6. The second kappa shape index (κ2) is 28.1. The van der Waals surface area contributed by atoms with Crippen LogP contribution in [-0.2, 0) is 52.3 Å². The minimum Gasteiger partial charge on any atom is -0.445 e. The van der Waals surface area contributed by atoms with Gasteiger partial charge in [0.15, 0.2) is 12.6 Å². The van der Waals surface area contributed by atoms with Gasteiger partial charge in [-0.05, 0) is 38.5 Å². The van der Waals surface area contributed by atoms with Gasteiger partial charge in [-0.2, -0.15) is 0 Å². The molecule has 22 heteroatoms. The van der Waals surface area contributed by atoms with Gasteiger partial charge in [-0.25, -0.2) is 0 Å². The lowest BCUT2D eigenvalue weighted by molar-refractivity contribution is -0.258. The Morgan fingerprint density at radius 2 is 1.19 bits per heavy atom. The zero-order chi connectivity index (χ0) is 43.2. The highest BCUT2D eigenvalue weighted by Gasteiger charge is 2.38. The summed E-state index contributed by atoms with van der Waals surface area (Å²) in [7, 11) is 5.31. The van der Waals surface area contributed by atoms with Gasteiger partial charge in [-0.3, -0.25) is 19.2 Å². The molecule has 2 saturated heterocycles. The van der Waals surface area contributed by atoms with Gasteiger partial charge in [-0.1, -0.05) is 13.3 Å². The Bertz CT molecular complexity index is 1240. The molecule has 0 aromatic heterocycles. The molecule has 3 fully saturated rings. The number of amides is 4. The number of ether oxygens (including phenoxy) is 6. The maximum Gasteiger partial charge on any atom is 0.283 e. The highest BCUT2D eigenvalue weighted by molar-refractivity contribution is 5.98. The maximum absolute atomic E-state index is 13.3. The predicted molar refractivity (Wildman–Crippen MR) is 205 cm³/mol. The molecule has 2 radical (unpaired) electrons. The molecule has 0 spiro atoms. The van der Waals surface area contributed by atoms with E-state index in [0.717, 1.165) is 0 Å². The van der Waals surface area contributed by atoms with Crippen LogP contribution >= 0.6 is 0 Å². The molecule has 59 heavy (non-hydrogen) atoms. The Morgan fingerprint density at radius 1 is 0.695 bits per heavy atom. The van der Waals surface area contributed by atoms with E-state index in [9.17, 15) is 49.8 Å².